The molecule has 1 N–H and O–H groups in total. The fraction of sp³-hybridized carbons (Fsp3) is 0.364. The molecule has 1 aliphatic carbocycles. The SMILES string of the molecule is O=C(COc1ccc(F)cc1Cl)NC1CC1. The van der Waals surface area contributed by atoms with Crippen LogP contribution in [0.15, 0.2) is 18.2 Å². The summed E-state index contributed by atoms with van der Waals surface area (Å²) in [7, 11) is 0. The van der Waals surface area contributed by atoms with Crippen LogP contribution >= 0.6 is 11.6 Å². The zero-order chi connectivity index (χ0) is 11.5. The first-order valence-electron chi connectivity index (χ1n) is 5.02. The molecule has 5 heteroatoms. The van der Waals surface area contributed by atoms with Crippen molar-refractivity contribution < 1.29 is 13.9 Å². The van der Waals surface area contributed by atoms with Crippen molar-refractivity contribution in [3.05, 3.63) is 29.0 Å². The summed E-state index contributed by atoms with van der Waals surface area (Å²) in [5, 5.41) is 2.94. The Bertz CT molecular complexity index is 407. The minimum absolute atomic E-state index is 0.0954. The van der Waals surface area contributed by atoms with Crippen molar-refractivity contribution in [2.75, 3.05) is 6.61 Å². The molecule has 0 radical (unpaired) electrons. The number of hydrogen-bond acceptors (Lipinski definition) is 2. The standard InChI is InChI=1S/C11H11ClFNO2/c12-9-5-7(13)1-4-10(9)16-6-11(15)14-8-2-3-8/h1,4-5,8H,2-3,6H2,(H,14,15). The van der Waals surface area contributed by atoms with E-state index in [0.717, 1.165) is 18.9 Å². The Hall–Kier alpha value is -1.29. The lowest BCUT2D eigenvalue weighted by molar-refractivity contribution is -0.123. The van der Waals surface area contributed by atoms with Gasteiger partial charge in [0, 0.05) is 6.04 Å². The number of benzene rings is 1. The highest BCUT2D eigenvalue weighted by Gasteiger charge is 2.23. The van der Waals surface area contributed by atoms with Crippen LogP contribution in [0.4, 0.5) is 4.39 Å². The van der Waals surface area contributed by atoms with Crippen molar-refractivity contribution in [1.82, 2.24) is 5.32 Å². The number of amides is 1. The molecule has 1 amide bonds. The van der Waals surface area contributed by atoms with E-state index < -0.39 is 5.82 Å². The molecule has 0 aromatic heterocycles. The van der Waals surface area contributed by atoms with Gasteiger partial charge in [-0.1, -0.05) is 11.6 Å². The van der Waals surface area contributed by atoms with E-state index in [1.54, 1.807) is 0 Å². The van der Waals surface area contributed by atoms with Gasteiger partial charge in [-0.05, 0) is 31.0 Å². The average Bonchev–Trinajstić information content (AvgIpc) is 3.00. The lowest BCUT2D eigenvalue weighted by atomic mass is 10.3. The number of ether oxygens (including phenoxy) is 1. The lowest BCUT2D eigenvalue weighted by Crippen LogP contribution is -2.30. The van der Waals surface area contributed by atoms with Crippen LogP contribution in [0.5, 0.6) is 5.75 Å². The maximum Gasteiger partial charge on any atom is 0.258 e. The van der Waals surface area contributed by atoms with Crippen molar-refractivity contribution in [1.29, 1.82) is 0 Å². The maximum atomic E-state index is 12.7. The Kier molecular flexibility index (Phi) is 3.29. The van der Waals surface area contributed by atoms with Crippen LogP contribution in [-0.4, -0.2) is 18.6 Å². The summed E-state index contributed by atoms with van der Waals surface area (Å²) in [4.78, 5) is 11.3. The number of rotatable bonds is 4. The predicted molar refractivity (Wildman–Crippen MR) is 58.1 cm³/mol. The molecule has 0 bridgehead atoms. The van der Waals surface area contributed by atoms with Gasteiger partial charge < -0.3 is 10.1 Å². The number of nitrogens with one attached hydrogen (secondary N) is 1. The van der Waals surface area contributed by atoms with Gasteiger partial charge in [-0.15, -0.1) is 0 Å². The summed E-state index contributed by atoms with van der Waals surface area (Å²) in [5.41, 5.74) is 0. The number of carbonyl (C=O) groups excluding carboxylic acids is 1. The fourth-order valence-corrected chi connectivity index (χ4v) is 1.45. The maximum absolute atomic E-state index is 12.7. The summed E-state index contributed by atoms with van der Waals surface area (Å²) < 4.78 is 17.9. The predicted octanol–water partition coefficient (Wildman–Crippen LogP) is 2.14. The molecule has 0 heterocycles. The third-order valence-corrected chi connectivity index (χ3v) is 2.49. The van der Waals surface area contributed by atoms with Crippen molar-refractivity contribution in [3.63, 3.8) is 0 Å². The highest BCUT2D eigenvalue weighted by atomic mass is 35.5. The Morgan fingerprint density at radius 1 is 1.56 bits per heavy atom. The van der Waals surface area contributed by atoms with Gasteiger partial charge in [0.05, 0.1) is 5.02 Å². The molecule has 1 aliphatic rings. The summed E-state index contributed by atoms with van der Waals surface area (Å²) >= 11 is 5.73. The minimum atomic E-state index is -0.431. The highest BCUT2D eigenvalue weighted by Crippen LogP contribution is 2.24. The van der Waals surface area contributed by atoms with Crippen molar-refractivity contribution in [2.24, 2.45) is 0 Å². The number of carbonyl (C=O) groups is 1. The van der Waals surface area contributed by atoms with Crippen LogP contribution in [0.3, 0.4) is 0 Å². The Balaban J connectivity index is 1.85. The van der Waals surface area contributed by atoms with E-state index >= 15 is 0 Å². The van der Waals surface area contributed by atoms with E-state index in [9.17, 15) is 9.18 Å². The van der Waals surface area contributed by atoms with E-state index in [4.69, 9.17) is 16.3 Å². The van der Waals surface area contributed by atoms with Gasteiger partial charge in [0.2, 0.25) is 0 Å². The third kappa shape index (κ3) is 3.10. The molecule has 1 aromatic rings. The summed E-state index contributed by atoms with van der Waals surface area (Å²) in [5.74, 6) is -0.295. The first-order chi connectivity index (χ1) is 7.65. The van der Waals surface area contributed by atoms with Gasteiger partial charge in [0.15, 0.2) is 6.61 Å². The molecule has 0 atom stereocenters. The van der Waals surface area contributed by atoms with Crippen LogP contribution in [-0.2, 0) is 4.79 Å². The molecule has 2 rings (SSSR count). The van der Waals surface area contributed by atoms with Crippen molar-refractivity contribution >= 4 is 17.5 Å². The molecule has 1 saturated carbocycles. The minimum Gasteiger partial charge on any atom is -0.482 e. The van der Waals surface area contributed by atoms with Crippen LogP contribution in [0.1, 0.15) is 12.8 Å². The van der Waals surface area contributed by atoms with Crippen LogP contribution in [0, 0.1) is 5.82 Å². The second-order valence-corrected chi connectivity index (χ2v) is 4.11. The van der Waals surface area contributed by atoms with Crippen molar-refractivity contribution in [3.8, 4) is 5.75 Å². The molecular weight excluding hydrogens is 233 g/mol. The van der Waals surface area contributed by atoms with Crippen LogP contribution in [0.25, 0.3) is 0 Å². The normalized spacial score (nSPS) is 14.6. The highest BCUT2D eigenvalue weighted by molar-refractivity contribution is 6.32. The Morgan fingerprint density at radius 3 is 2.94 bits per heavy atom. The summed E-state index contributed by atoms with van der Waals surface area (Å²) in [6, 6.07) is 4.09. The molecule has 1 aromatic carbocycles. The first kappa shape index (κ1) is 11.2. The van der Waals surface area contributed by atoms with Crippen LogP contribution in [0.2, 0.25) is 5.02 Å². The van der Waals surface area contributed by atoms with Gasteiger partial charge in [-0.3, -0.25) is 4.79 Å². The topological polar surface area (TPSA) is 38.3 Å². The quantitative estimate of drug-likeness (QED) is 0.880. The molecule has 0 aliphatic heterocycles. The monoisotopic (exact) mass is 243 g/mol. The van der Waals surface area contributed by atoms with Crippen molar-refractivity contribution in [2.45, 2.75) is 18.9 Å². The van der Waals surface area contributed by atoms with Crippen LogP contribution < -0.4 is 10.1 Å². The molecule has 16 heavy (non-hydrogen) atoms. The van der Waals surface area contributed by atoms with Gasteiger partial charge in [0.1, 0.15) is 11.6 Å². The molecule has 0 unspecified atom stereocenters. The first-order valence-corrected chi connectivity index (χ1v) is 5.40. The molecule has 86 valence electrons. The largest absolute Gasteiger partial charge is 0.482 e. The summed E-state index contributed by atoms with van der Waals surface area (Å²) in [6.07, 6.45) is 2.06. The van der Waals surface area contributed by atoms with E-state index in [0.29, 0.717) is 11.8 Å². The third-order valence-electron chi connectivity index (χ3n) is 2.20. The zero-order valence-electron chi connectivity index (χ0n) is 8.50. The number of hydrogen-bond donors (Lipinski definition) is 1. The Morgan fingerprint density at radius 2 is 2.31 bits per heavy atom. The molecule has 0 spiro atoms. The van der Waals surface area contributed by atoms with E-state index in [2.05, 4.69) is 5.32 Å². The Labute approximate surface area is 97.5 Å². The molecular formula is C11H11ClFNO2. The van der Waals surface area contributed by atoms with E-state index in [1.807, 2.05) is 0 Å². The number of halogens is 2. The van der Waals surface area contributed by atoms with Gasteiger partial charge in [-0.2, -0.15) is 0 Å². The lowest BCUT2D eigenvalue weighted by Gasteiger charge is -2.07. The second kappa shape index (κ2) is 4.70. The molecule has 0 saturated heterocycles. The molecule has 1 fully saturated rings. The van der Waals surface area contributed by atoms with E-state index in [1.165, 1.54) is 12.1 Å². The summed E-state index contributed by atoms with van der Waals surface area (Å²) in [6.45, 7) is -0.0954. The van der Waals surface area contributed by atoms with Gasteiger partial charge >= 0.3 is 0 Å². The second-order valence-electron chi connectivity index (χ2n) is 3.71. The molecule has 3 nitrogen and oxygen atoms in total. The van der Waals surface area contributed by atoms with Gasteiger partial charge in [-0.25, -0.2) is 4.39 Å². The zero-order valence-corrected chi connectivity index (χ0v) is 9.26. The fourth-order valence-electron chi connectivity index (χ4n) is 1.23. The van der Waals surface area contributed by atoms with E-state index in [-0.39, 0.29) is 17.5 Å². The average molecular weight is 244 g/mol. The van der Waals surface area contributed by atoms with Gasteiger partial charge in [0.25, 0.3) is 5.91 Å². The smallest absolute Gasteiger partial charge is 0.258 e.